The van der Waals surface area contributed by atoms with Gasteiger partial charge in [0.05, 0.1) is 12.9 Å². The zero-order chi connectivity index (χ0) is 19.8. The molecule has 0 saturated heterocycles. The van der Waals surface area contributed by atoms with E-state index in [2.05, 4.69) is 20.4 Å². The van der Waals surface area contributed by atoms with Crippen molar-refractivity contribution in [2.75, 3.05) is 6.61 Å². The Kier molecular flexibility index (Phi) is 23.2. The van der Waals surface area contributed by atoms with Crippen LogP contribution < -0.4 is 0 Å². The van der Waals surface area contributed by atoms with E-state index < -0.39 is 0 Å². The van der Waals surface area contributed by atoms with Gasteiger partial charge in [-0.3, -0.25) is 0 Å². The molecular weight excluding hydrogens is 328 g/mol. The molecule has 0 unspecified atom stereocenters. The van der Waals surface area contributed by atoms with Crippen LogP contribution in [-0.2, 0) is 4.74 Å². The summed E-state index contributed by atoms with van der Waals surface area (Å²) in [7, 11) is 0. The summed E-state index contributed by atoms with van der Waals surface area (Å²) in [5, 5.41) is 0. The molecule has 0 aliphatic heterocycles. The fraction of sp³-hybridized carbons (Fsp3) is 0.923. The lowest BCUT2D eigenvalue weighted by Gasteiger charge is -2.05. The van der Waals surface area contributed by atoms with Crippen LogP contribution in [0.25, 0.3) is 0 Å². The SMILES string of the molecule is C=COCCCCCCCCCCCCCCCCCCCCCC(C)C. The summed E-state index contributed by atoms with van der Waals surface area (Å²) in [6.07, 6.45) is 30.2. The first-order valence-corrected chi connectivity index (χ1v) is 12.5. The largest absolute Gasteiger partial charge is 0.502 e. The molecule has 162 valence electrons. The average Bonchev–Trinajstić information content (AvgIpc) is 2.65. The molecule has 0 radical (unpaired) electrons. The van der Waals surface area contributed by atoms with Gasteiger partial charge in [0.15, 0.2) is 0 Å². The molecule has 1 heteroatoms. The second-order valence-electron chi connectivity index (χ2n) is 8.94. The Morgan fingerprint density at radius 2 is 0.815 bits per heavy atom. The average molecular weight is 381 g/mol. The van der Waals surface area contributed by atoms with Crippen molar-refractivity contribution in [3.63, 3.8) is 0 Å². The predicted octanol–water partition coefficient (Wildman–Crippen LogP) is 9.60. The molecule has 0 N–H and O–H groups in total. The van der Waals surface area contributed by atoms with Crippen LogP contribution in [0, 0.1) is 5.92 Å². The van der Waals surface area contributed by atoms with E-state index >= 15 is 0 Å². The van der Waals surface area contributed by atoms with E-state index in [1.54, 1.807) is 6.26 Å². The molecule has 0 fully saturated rings. The highest BCUT2D eigenvalue weighted by molar-refractivity contribution is 4.52. The van der Waals surface area contributed by atoms with Crippen LogP contribution in [0.4, 0.5) is 0 Å². The van der Waals surface area contributed by atoms with Crippen molar-refractivity contribution >= 4 is 0 Å². The zero-order valence-corrected chi connectivity index (χ0v) is 19.1. The molecule has 0 heterocycles. The summed E-state index contributed by atoms with van der Waals surface area (Å²) in [6.45, 7) is 9.09. The van der Waals surface area contributed by atoms with Gasteiger partial charge in [0.25, 0.3) is 0 Å². The highest BCUT2D eigenvalue weighted by atomic mass is 16.5. The third-order valence-electron chi connectivity index (χ3n) is 5.66. The van der Waals surface area contributed by atoms with Crippen LogP contribution in [0.5, 0.6) is 0 Å². The van der Waals surface area contributed by atoms with E-state index in [0.29, 0.717) is 0 Å². The Morgan fingerprint density at radius 3 is 1.11 bits per heavy atom. The maximum atomic E-state index is 5.14. The summed E-state index contributed by atoms with van der Waals surface area (Å²) >= 11 is 0. The van der Waals surface area contributed by atoms with Crippen LogP contribution in [0.3, 0.4) is 0 Å². The minimum atomic E-state index is 0.849. The van der Waals surface area contributed by atoms with Gasteiger partial charge in [-0.15, -0.1) is 0 Å². The molecular formula is C26H52O. The molecule has 0 rings (SSSR count). The van der Waals surface area contributed by atoms with Crippen LogP contribution in [0.1, 0.15) is 142 Å². The molecule has 0 spiro atoms. The molecule has 0 aromatic carbocycles. The molecule has 0 aromatic heterocycles. The van der Waals surface area contributed by atoms with Crippen LogP contribution in [-0.4, -0.2) is 6.61 Å². The van der Waals surface area contributed by atoms with Crippen molar-refractivity contribution < 1.29 is 4.74 Å². The van der Waals surface area contributed by atoms with Gasteiger partial charge < -0.3 is 4.74 Å². The van der Waals surface area contributed by atoms with Crippen molar-refractivity contribution in [1.82, 2.24) is 0 Å². The molecule has 0 amide bonds. The van der Waals surface area contributed by atoms with E-state index in [4.69, 9.17) is 4.74 Å². The molecule has 0 bridgehead atoms. The first kappa shape index (κ1) is 26.5. The Balaban J connectivity index is 2.98. The zero-order valence-electron chi connectivity index (χ0n) is 19.1. The second kappa shape index (κ2) is 23.6. The van der Waals surface area contributed by atoms with Crippen molar-refractivity contribution in [1.29, 1.82) is 0 Å². The predicted molar refractivity (Wildman–Crippen MR) is 123 cm³/mol. The Labute approximate surface area is 172 Å². The topological polar surface area (TPSA) is 9.23 Å². The summed E-state index contributed by atoms with van der Waals surface area (Å²) in [6, 6.07) is 0. The van der Waals surface area contributed by atoms with Crippen LogP contribution >= 0.6 is 0 Å². The normalized spacial score (nSPS) is 11.2. The van der Waals surface area contributed by atoms with Gasteiger partial charge in [-0.25, -0.2) is 0 Å². The first-order chi connectivity index (χ1) is 13.3. The van der Waals surface area contributed by atoms with Gasteiger partial charge >= 0.3 is 0 Å². The molecule has 27 heavy (non-hydrogen) atoms. The highest BCUT2D eigenvalue weighted by Gasteiger charge is 1.96. The highest BCUT2D eigenvalue weighted by Crippen LogP contribution is 2.15. The van der Waals surface area contributed by atoms with Gasteiger partial charge in [-0.05, 0) is 12.3 Å². The van der Waals surface area contributed by atoms with Gasteiger partial charge in [-0.1, -0.05) is 142 Å². The molecule has 0 saturated carbocycles. The van der Waals surface area contributed by atoms with Crippen molar-refractivity contribution in [2.24, 2.45) is 5.92 Å². The van der Waals surface area contributed by atoms with Crippen molar-refractivity contribution in [3.8, 4) is 0 Å². The quantitative estimate of drug-likeness (QED) is 0.127. The molecule has 0 atom stereocenters. The second-order valence-corrected chi connectivity index (χ2v) is 8.94. The molecule has 1 nitrogen and oxygen atoms in total. The van der Waals surface area contributed by atoms with Crippen molar-refractivity contribution in [2.45, 2.75) is 142 Å². The lowest BCUT2D eigenvalue weighted by molar-refractivity contribution is 0.241. The number of rotatable bonds is 23. The Hall–Kier alpha value is -0.460. The first-order valence-electron chi connectivity index (χ1n) is 12.5. The molecule has 0 aromatic rings. The summed E-state index contributed by atoms with van der Waals surface area (Å²) in [5.74, 6) is 0.892. The number of ether oxygens (including phenoxy) is 1. The van der Waals surface area contributed by atoms with Crippen LogP contribution in [0.2, 0.25) is 0 Å². The molecule has 0 aliphatic rings. The third-order valence-corrected chi connectivity index (χ3v) is 5.66. The maximum absolute atomic E-state index is 5.14. The maximum Gasteiger partial charge on any atom is 0.0873 e. The lowest BCUT2D eigenvalue weighted by atomic mass is 10.0. The standard InChI is InChI=1S/C26H52O/c1-4-27-25-23-21-19-17-15-13-11-9-7-5-6-8-10-12-14-16-18-20-22-24-26(2)3/h4,26H,1,5-25H2,2-3H3. The minimum Gasteiger partial charge on any atom is -0.502 e. The third kappa shape index (κ3) is 25.5. The number of unbranched alkanes of at least 4 members (excludes halogenated alkanes) is 18. The van der Waals surface area contributed by atoms with Gasteiger partial charge in [0.2, 0.25) is 0 Å². The van der Waals surface area contributed by atoms with Gasteiger partial charge in [0.1, 0.15) is 0 Å². The van der Waals surface area contributed by atoms with Crippen LogP contribution in [0.15, 0.2) is 12.8 Å². The molecule has 0 aliphatic carbocycles. The number of hydrogen-bond acceptors (Lipinski definition) is 1. The summed E-state index contributed by atoms with van der Waals surface area (Å²) < 4.78 is 5.14. The lowest BCUT2D eigenvalue weighted by Crippen LogP contribution is -1.88. The Bertz CT molecular complexity index is 271. The fourth-order valence-corrected chi connectivity index (χ4v) is 3.83. The summed E-state index contributed by atoms with van der Waals surface area (Å²) in [4.78, 5) is 0. The van der Waals surface area contributed by atoms with E-state index in [1.807, 2.05) is 0 Å². The Morgan fingerprint density at radius 1 is 0.519 bits per heavy atom. The van der Waals surface area contributed by atoms with E-state index in [9.17, 15) is 0 Å². The monoisotopic (exact) mass is 380 g/mol. The minimum absolute atomic E-state index is 0.849. The van der Waals surface area contributed by atoms with E-state index in [1.165, 1.54) is 128 Å². The summed E-state index contributed by atoms with van der Waals surface area (Å²) in [5.41, 5.74) is 0. The van der Waals surface area contributed by atoms with Gasteiger partial charge in [0, 0.05) is 0 Å². The number of hydrogen-bond donors (Lipinski definition) is 0. The van der Waals surface area contributed by atoms with E-state index in [-0.39, 0.29) is 0 Å². The fourth-order valence-electron chi connectivity index (χ4n) is 3.83. The van der Waals surface area contributed by atoms with Crippen molar-refractivity contribution in [3.05, 3.63) is 12.8 Å². The smallest absolute Gasteiger partial charge is 0.0873 e. The van der Waals surface area contributed by atoms with Gasteiger partial charge in [-0.2, -0.15) is 0 Å². The van der Waals surface area contributed by atoms with E-state index in [0.717, 1.165) is 12.5 Å².